The number of halogens is 1. The van der Waals surface area contributed by atoms with Crippen molar-refractivity contribution in [3.63, 3.8) is 0 Å². The molecule has 2 aromatic rings. The Bertz CT molecular complexity index is 719. The van der Waals surface area contributed by atoms with Crippen LogP contribution in [-0.2, 0) is 6.42 Å². The van der Waals surface area contributed by atoms with Gasteiger partial charge in [0.1, 0.15) is 5.82 Å². The molecule has 0 unspecified atom stereocenters. The van der Waals surface area contributed by atoms with E-state index in [4.69, 9.17) is 22.3 Å². The van der Waals surface area contributed by atoms with E-state index >= 15 is 0 Å². The lowest BCUT2D eigenvalue weighted by atomic mass is 10.2. The molecule has 0 amide bonds. The Morgan fingerprint density at radius 3 is 2.88 bits per heavy atom. The van der Waals surface area contributed by atoms with Gasteiger partial charge in [0.15, 0.2) is 0 Å². The largest absolute Gasteiger partial charge is 0.355 e. The molecule has 0 radical (unpaired) electrons. The monoisotopic (exact) mass is 345 g/mol. The summed E-state index contributed by atoms with van der Waals surface area (Å²) in [6, 6.07) is 8.07. The number of nitrogens with two attached hydrogens (primary N) is 1. The van der Waals surface area contributed by atoms with Crippen molar-refractivity contribution in [1.82, 2.24) is 9.97 Å². The molecule has 3 N–H and O–H groups in total. The number of aryl methyl sites for hydroxylation is 2. The van der Waals surface area contributed by atoms with Gasteiger partial charge in [-0.2, -0.15) is 4.98 Å². The summed E-state index contributed by atoms with van der Waals surface area (Å²) < 4.78 is 0. The van der Waals surface area contributed by atoms with Crippen molar-refractivity contribution in [3.8, 4) is 0 Å². The molecule has 1 fully saturated rings. The van der Waals surface area contributed by atoms with E-state index in [1.165, 1.54) is 0 Å². The van der Waals surface area contributed by atoms with Crippen molar-refractivity contribution in [3.05, 3.63) is 40.5 Å². The van der Waals surface area contributed by atoms with E-state index in [2.05, 4.69) is 28.2 Å². The van der Waals surface area contributed by atoms with E-state index in [-0.39, 0.29) is 6.04 Å². The number of nitrogens with zero attached hydrogens (tertiary/aromatic N) is 3. The third-order valence-corrected chi connectivity index (χ3v) is 4.50. The fourth-order valence-corrected chi connectivity index (χ4v) is 3.10. The molecule has 3 rings (SSSR count). The van der Waals surface area contributed by atoms with Gasteiger partial charge in [-0.15, -0.1) is 0 Å². The number of nitrogens with one attached hydrogen (secondary N) is 1. The highest BCUT2D eigenvalue weighted by molar-refractivity contribution is 6.30. The van der Waals surface area contributed by atoms with Gasteiger partial charge >= 0.3 is 0 Å². The maximum Gasteiger partial charge on any atom is 0.229 e. The molecular formula is C18H24ClN5. The first-order valence-corrected chi connectivity index (χ1v) is 8.84. The molecular weight excluding hydrogens is 322 g/mol. The van der Waals surface area contributed by atoms with Crippen molar-refractivity contribution < 1.29 is 0 Å². The van der Waals surface area contributed by atoms with Gasteiger partial charge in [-0.1, -0.05) is 31.0 Å². The molecule has 0 saturated carbocycles. The molecule has 6 heteroatoms. The first-order chi connectivity index (χ1) is 11.5. The van der Waals surface area contributed by atoms with Crippen molar-refractivity contribution in [2.75, 3.05) is 23.3 Å². The molecule has 1 saturated heterocycles. The molecule has 1 aromatic heterocycles. The number of benzene rings is 1. The molecule has 24 heavy (non-hydrogen) atoms. The van der Waals surface area contributed by atoms with Crippen LogP contribution in [0.3, 0.4) is 0 Å². The predicted molar refractivity (Wildman–Crippen MR) is 100 cm³/mol. The summed E-state index contributed by atoms with van der Waals surface area (Å²) in [4.78, 5) is 11.6. The van der Waals surface area contributed by atoms with Crippen molar-refractivity contribution in [2.45, 2.75) is 39.2 Å². The van der Waals surface area contributed by atoms with Crippen molar-refractivity contribution >= 4 is 29.1 Å². The summed E-state index contributed by atoms with van der Waals surface area (Å²) in [5.41, 5.74) is 9.12. The maximum absolute atomic E-state index is 6.11. The van der Waals surface area contributed by atoms with Crippen LogP contribution in [0.1, 0.15) is 31.0 Å². The molecule has 1 atom stereocenters. The van der Waals surface area contributed by atoms with E-state index in [9.17, 15) is 0 Å². The second-order valence-electron chi connectivity index (χ2n) is 6.37. The van der Waals surface area contributed by atoms with Crippen LogP contribution in [0.5, 0.6) is 0 Å². The van der Waals surface area contributed by atoms with Crippen LogP contribution in [0.4, 0.5) is 17.5 Å². The van der Waals surface area contributed by atoms with Gasteiger partial charge in [-0.25, -0.2) is 4.98 Å². The van der Waals surface area contributed by atoms with Crippen LogP contribution in [0, 0.1) is 6.92 Å². The lowest BCUT2D eigenvalue weighted by molar-refractivity contribution is 0.751. The normalized spacial score (nSPS) is 17.3. The standard InChI is InChI=1S/C18H24ClN5/c1-3-4-15-10-17(24-8-7-14(20)11-24)23-18(21-15)22-16-9-13(19)6-5-12(16)2/h5-6,9-10,14H,3-4,7-8,11,20H2,1-2H3,(H,21,22,23)/t14-/m0/s1. The zero-order chi connectivity index (χ0) is 17.1. The summed E-state index contributed by atoms with van der Waals surface area (Å²) in [5, 5.41) is 4.02. The van der Waals surface area contributed by atoms with Gasteiger partial charge in [0.25, 0.3) is 0 Å². The van der Waals surface area contributed by atoms with Crippen LogP contribution >= 0.6 is 11.6 Å². The molecule has 2 heterocycles. The van der Waals surface area contributed by atoms with Crippen LogP contribution in [0.25, 0.3) is 0 Å². The summed E-state index contributed by atoms with van der Waals surface area (Å²) >= 11 is 6.11. The molecule has 5 nitrogen and oxygen atoms in total. The van der Waals surface area contributed by atoms with E-state index in [0.29, 0.717) is 11.0 Å². The maximum atomic E-state index is 6.11. The van der Waals surface area contributed by atoms with Gasteiger partial charge < -0.3 is 16.0 Å². The van der Waals surface area contributed by atoms with Crippen LogP contribution in [0.2, 0.25) is 5.02 Å². The first kappa shape index (κ1) is 17.0. The molecule has 1 aliphatic rings. The minimum Gasteiger partial charge on any atom is -0.355 e. The summed E-state index contributed by atoms with van der Waals surface area (Å²) in [6.07, 6.45) is 2.98. The van der Waals surface area contributed by atoms with Crippen LogP contribution in [-0.4, -0.2) is 29.1 Å². The highest BCUT2D eigenvalue weighted by Gasteiger charge is 2.21. The van der Waals surface area contributed by atoms with Gasteiger partial charge in [-0.3, -0.25) is 0 Å². The number of anilines is 3. The Labute approximate surface area is 148 Å². The van der Waals surface area contributed by atoms with Gasteiger partial charge in [0.05, 0.1) is 0 Å². The SMILES string of the molecule is CCCc1cc(N2CC[C@H](N)C2)nc(Nc2cc(Cl)ccc2C)n1. The smallest absolute Gasteiger partial charge is 0.229 e. The molecule has 1 aromatic carbocycles. The third kappa shape index (κ3) is 3.97. The first-order valence-electron chi connectivity index (χ1n) is 8.47. The predicted octanol–water partition coefficient (Wildman–Crippen LogP) is 3.67. The van der Waals surface area contributed by atoms with Crippen LogP contribution in [0.15, 0.2) is 24.3 Å². The zero-order valence-corrected chi connectivity index (χ0v) is 15.0. The Kier molecular flexibility index (Phi) is 5.21. The highest BCUT2D eigenvalue weighted by Crippen LogP contribution is 2.25. The van der Waals surface area contributed by atoms with Gasteiger partial charge in [-0.05, 0) is 37.5 Å². The minimum atomic E-state index is 0.223. The molecule has 128 valence electrons. The number of rotatable bonds is 5. The van der Waals surface area contributed by atoms with E-state index in [0.717, 1.165) is 55.1 Å². The molecule has 0 aliphatic carbocycles. The number of hydrogen-bond acceptors (Lipinski definition) is 5. The van der Waals surface area contributed by atoms with E-state index in [1.807, 2.05) is 25.1 Å². The number of hydrogen-bond donors (Lipinski definition) is 2. The minimum absolute atomic E-state index is 0.223. The average Bonchev–Trinajstić information content (AvgIpc) is 2.98. The van der Waals surface area contributed by atoms with Crippen molar-refractivity contribution in [1.29, 1.82) is 0 Å². The van der Waals surface area contributed by atoms with Gasteiger partial charge in [0, 0.05) is 41.6 Å². The Hall–Kier alpha value is -1.85. The Morgan fingerprint density at radius 2 is 2.17 bits per heavy atom. The molecule has 0 bridgehead atoms. The summed E-state index contributed by atoms with van der Waals surface area (Å²) in [5.74, 6) is 1.56. The summed E-state index contributed by atoms with van der Waals surface area (Å²) in [7, 11) is 0. The third-order valence-electron chi connectivity index (χ3n) is 4.27. The summed E-state index contributed by atoms with van der Waals surface area (Å²) in [6.45, 7) is 5.98. The quantitative estimate of drug-likeness (QED) is 0.865. The molecule has 1 aliphatic heterocycles. The fraction of sp³-hybridized carbons (Fsp3) is 0.444. The van der Waals surface area contributed by atoms with Gasteiger partial charge in [0.2, 0.25) is 5.95 Å². The van der Waals surface area contributed by atoms with Crippen LogP contribution < -0.4 is 16.0 Å². The lowest BCUT2D eigenvalue weighted by Gasteiger charge is -2.19. The Morgan fingerprint density at radius 1 is 1.33 bits per heavy atom. The second-order valence-corrected chi connectivity index (χ2v) is 6.81. The van der Waals surface area contributed by atoms with E-state index in [1.54, 1.807) is 0 Å². The second kappa shape index (κ2) is 7.36. The average molecular weight is 346 g/mol. The van der Waals surface area contributed by atoms with E-state index < -0.39 is 0 Å². The van der Waals surface area contributed by atoms with Crippen molar-refractivity contribution in [2.24, 2.45) is 5.73 Å². The molecule has 0 spiro atoms. The topological polar surface area (TPSA) is 67.1 Å². The lowest BCUT2D eigenvalue weighted by Crippen LogP contribution is -2.27. The zero-order valence-electron chi connectivity index (χ0n) is 14.2. The Balaban J connectivity index is 1.91. The number of aromatic nitrogens is 2. The fourth-order valence-electron chi connectivity index (χ4n) is 2.93. The highest BCUT2D eigenvalue weighted by atomic mass is 35.5.